The zero-order valence-corrected chi connectivity index (χ0v) is 15.5. The van der Waals surface area contributed by atoms with Gasteiger partial charge in [-0.25, -0.2) is 4.98 Å². The molecule has 28 heavy (non-hydrogen) atoms. The zero-order valence-electron chi connectivity index (χ0n) is 14.7. The molecule has 0 saturated carbocycles. The van der Waals surface area contributed by atoms with E-state index in [2.05, 4.69) is 39.4 Å². The van der Waals surface area contributed by atoms with Gasteiger partial charge in [-0.15, -0.1) is 10.2 Å². The molecular weight excluding hydrogens is 366 g/mol. The summed E-state index contributed by atoms with van der Waals surface area (Å²) in [5, 5.41) is 10.1. The molecule has 133 valence electrons. The first-order chi connectivity index (χ1) is 13.8. The molecule has 0 aliphatic rings. The highest BCUT2D eigenvalue weighted by Crippen LogP contribution is 2.36. The molecule has 3 aromatic heterocycles. The molecule has 5 aromatic rings. The molecule has 5 rings (SSSR count). The van der Waals surface area contributed by atoms with Gasteiger partial charge in [0, 0.05) is 22.7 Å². The first kappa shape index (κ1) is 16.5. The second kappa shape index (κ2) is 6.83. The summed E-state index contributed by atoms with van der Waals surface area (Å²) in [6.07, 6.45) is 1.74. The largest absolute Gasteiger partial charge is 0.374 e. The van der Waals surface area contributed by atoms with E-state index in [9.17, 15) is 0 Å². The summed E-state index contributed by atoms with van der Waals surface area (Å²) in [5.41, 5.74) is 11.4. The van der Waals surface area contributed by atoms with Gasteiger partial charge in [-0.3, -0.25) is 4.98 Å². The molecule has 0 unspecified atom stereocenters. The maximum absolute atomic E-state index is 5.78. The lowest BCUT2D eigenvalue weighted by molar-refractivity contribution is 1.10. The molecule has 0 spiro atoms. The van der Waals surface area contributed by atoms with Crippen molar-refractivity contribution < 1.29 is 0 Å². The topological polar surface area (TPSA) is 77.6 Å². The molecule has 3 heterocycles. The van der Waals surface area contributed by atoms with Crippen molar-refractivity contribution in [2.75, 3.05) is 5.73 Å². The van der Waals surface area contributed by atoms with Crippen LogP contribution in [-0.2, 0) is 0 Å². The van der Waals surface area contributed by atoms with Crippen molar-refractivity contribution in [1.82, 2.24) is 20.2 Å². The van der Waals surface area contributed by atoms with Gasteiger partial charge in [0.1, 0.15) is 5.69 Å². The van der Waals surface area contributed by atoms with Gasteiger partial charge in [0.15, 0.2) is 5.01 Å². The number of nitrogens with zero attached hydrogens (tertiary/aromatic N) is 4. The van der Waals surface area contributed by atoms with E-state index in [0.717, 1.165) is 39.0 Å². The average molecular weight is 380 g/mol. The smallest absolute Gasteiger partial charge is 0.203 e. The van der Waals surface area contributed by atoms with Crippen molar-refractivity contribution in [3.63, 3.8) is 0 Å². The quantitative estimate of drug-likeness (QED) is 0.483. The summed E-state index contributed by atoms with van der Waals surface area (Å²) in [5.74, 6) is 0. The van der Waals surface area contributed by atoms with Crippen molar-refractivity contribution in [3.8, 4) is 33.1 Å². The number of nitrogen functional groups attached to an aromatic ring is 1. The molecular formula is C22H14N5S. The van der Waals surface area contributed by atoms with Crippen LogP contribution < -0.4 is 5.73 Å². The second-order valence-corrected chi connectivity index (χ2v) is 7.22. The number of pyridine rings is 2. The number of benzene rings is 2. The molecule has 0 bridgehead atoms. The van der Waals surface area contributed by atoms with E-state index in [4.69, 9.17) is 10.7 Å². The Balaban J connectivity index is 1.83. The van der Waals surface area contributed by atoms with E-state index >= 15 is 0 Å². The molecule has 5 nitrogen and oxygen atoms in total. The lowest BCUT2D eigenvalue weighted by Gasteiger charge is -2.12. The van der Waals surface area contributed by atoms with Crippen molar-refractivity contribution >= 4 is 27.4 Å². The SMILES string of the molecule is Nc1nnc(-c2nccc3nc(-c4cc[c]cc4)c(-c4ccccc4)cc23)s1. The van der Waals surface area contributed by atoms with Gasteiger partial charge < -0.3 is 5.73 Å². The molecule has 0 amide bonds. The fourth-order valence-corrected chi connectivity index (χ4v) is 3.82. The van der Waals surface area contributed by atoms with Gasteiger partial charge in [0.05, 0.1) is 11.2 Å². The molecule has 0 atom stereocenters. The molecule has 2 N–H and O–H groups in total. The lowest BCUT2D eigenvalue weighted by Crippen LogP contribution is -1.94. The minimum atomic E-state index is 0.419. The summed E-state index contributed by atoms with van der Waals surface area (Å²) in [6, 6.07) is 25.2. The standard InChI is InChI=1S/C22H14N5S/c23-22-27-26-21(28-22)20-17-13-16(14-7-3-1-4-8-14)19(15-9-5-2-6-10-15)25-18(17)11-12-24-20/h1,3-13H,(H2,23,27). The minimum Gasteiger partial charge on any atom is -0.374 e. The molecule has 1 radical (unpaired) electrons. The van der Waals surface area contributed by atoms with E-state index in [0.29, 0.717) is 10.1 Å². The van der Waals surface area contributed by atoms with Crippen molar-refractivity contribution in [3.05, 3.63) is 79.0 Å². The third-order valence-corrected chi connectivity index (χ3v) is 5.22. The summed E-state index contributed by atoms with van der Waals surface area (Å²) >= 11 is 1.32. The van der Waals surface area contributed by atoms with Crippen LogP contribution in [-0.4, -0.2) is 20.2 Å². The van der Waals surface area contributed by atoms with Crippen LogP contribution in [0.3, 0.4) is 0 Å². The first-order valence-electron chi connectivity index (χ1n) is 8.70. The van der Waals surface area contributed by atoms with Gasteiger partial charge in [0.25, 0.3) is 0 Å². The fraction of sp³-hybridized carbons (Fsp3) is 0. The Morgan fingerprint density at radius 1 is 0.857 bits per heavy atom. The van der Waals surface area contributed by atoms with E-state index in [1.165, 1.54) is 11.3 Å². The van der Waals surface area contributed by atoms with Gasteiger partial charge >= 0.3 is 0 Å². The van der Waals surface area contributed by atoms with Gasteiger partial charge in [-0.2, -0.15) is 0 Å². The van der Waals surface area contributed by atoms with Crippen LogP contribution in [0, 0.1) is 6.07 Å². The third kappa shape index (κ3) is 2.90. The summed E-state index contributed by atoms with van der Waals surface area (Å²) in [4.78, 5) is 9.52. The highest BCUT2D eigenvalue weighted by Gasteiger charge is 2.16. The molecule has 0 aliphatic heterocycles. The zero-order chi connectivity index (χ0) is 18.9. The second-order valence-electron chi connectivity index (χ2n) is 6.21. The first-order valence-corrected chi connectivity index (χ1v) is 9.52. The number of rotatable bonds is 3. The monoisotopic (exact) mass is 380 g/mol. The Morgan fingerprint density at radius 2 is 1.68 bits per heavy atom. The van der Waals surface area contributed by atoms with Gasteiger partial charge in [0.2, 0.25) is 5.13 Å². The van der Waals surface area contributed by atoms with Crippen LogP contribution in [0.4, 0.5) is 5.13 Å². The van der Waals surface area contributed by atoms with Crippen LogP contribution in [0.5, 0.6) is 0 Å². The molecule has 2 aromatic carbocycles. The Bertz CT molecular complexity index is 1270. The van der Waals surface area contributed by atoms with Crippen molar-refractivity contribution in [2.24, 2.45) is 0 Å². The molecule has 0 saturated heterocycles. The number of hydrogen-bond donors (Lipinski definition) is 1. The van der Waals surface area contributed by atoms with Crippen LogP contribution in [0.25, 0.3) is 44.0 Å². The third-order valence-electron chi connectivity index (χ3n) is 4.46. The van der Waals surface area contributed by atoms with Gasteiger partial charge in [-0.1, -0.05) is 65.9 Å². The maximum Gasteiger partial charge on any atom is 0.203 e. The summed E-state index contributed by atoms with van der Waals surface area (Å²) in [6.45, 7) is 0. The van der Waals surface area contributed by atoms with E-state index in [-0.39, 0.29) is 0 Å². The number of hydrogen-bond acceptors (Lipinski definition) is 6. The molecule has 6 heteroatoms. The number of aromatic nitrogens is 4. The fourth-order valence-electron chi connectivity index (χ4n) is 3.20. The number of fused-ring (bicyclic) bond motifs is 1. The van der Waals surface area contributed by atoms with E-state index in [1.807, 2.05) is 48.5 Å². The van der Waals surface area contributed by atoms with Crippen LogP contribution in [0.2, 0.25) is 0 Å². The minimum absolute atomic E-state index is 0.419. The number of anilines is 1. The van der Waals surface area contributed by atoms with Crippen LogP contribution in [0.15, 0.2) is 72.9 Å². The normalized spacial score (nSPS) is 11.0. The summed E-state index contributed by atoms with van der Waals surface area (Å²) < 4.78 is 0. The Hall–Kier alpha value is -3.64. The van der Waals surface area contributed by atoms with Crippen LogP contribution >= 0.6 is 11.3 Å². The van der Waals surface area contributed by atoms with Crippen LogP contribution in [0.1, 0.15) is 0 Å². The van der Waals surface area contributed by atoms with E-state index in [1.54, 1.807) is 6.20 Å². The average Bonchev–Trinajstić information content (AvgIpc) is 3.19. The highest BCUT2D eigenvalue weighted by molar-refractivity contribution is 7.18. The highest BCUT2D eigenvalue weighted by atomic mass is 32.1. The Morgan fingerprint density at radius 3 is 2.43 bits per heavy atom. The van der Waals surface area contributed by atoms with Crippen molar-refractivity contribution in [2.45, 2.75) is 0 Å². The Labute approximate surface area is 165 Å². The summed E-state index contributed by atoms with van der Waals surface area (Å²) in [7, 11) is 0. The maximum atomic E-state index is 5.78. The lowest BCUT2D eigenvalue weighted by atomic mass is 9.97. The Kier molecular flexibility index (Phi) is 4.03. The van der Waals surface area contributed by atoms with Gasteiger partial charge in [-0.05, 0) is 23.8 Å². The molecule has 0 fully saturated rings. The van der Waals surface area contributed by atoms with Crippen molar-refractivity contribution in [1.29, 1.82) is 0 Å². The number of nitrogens with two attached hydrogens (primary N) is 1. The van der Waals surface area contributed by atoms with E-state index < -0.39 is 0 Å². The predicted octanol–water partition coefficient (Wildman–Crippen LogP) is 4.86. The predicted molar refractivity (Wildman–Crippen MR) is 113 cm³/mol. The molecule has 0 aliphatic carbocycles.